The molecule has 0 aromatic carbocycles. The molecule has 1 nitrogen and oxygen atoms in total. The van der Waals surface area contributed by atoms with Crippen LogP contribution in [-0.2, 0) is 0 Å². The number of nitrogens with one attached hydrogen (secondary N) is 1. The normalized spacial score (nSPS) is 52.2. The molecule has 2 aliphatic carbocycles. The molecule has 58 valence electrons. The van der Waals surface area contributed by atoms with Gasteiger partial charge in [0, 0.05) is 6.04 Å². The second-order valence-electron chi connectivity index (χ2n) is 4.03. The van der Waals surface area contributed by atoms with Crippen LogP contribution in [0.3, 0.4) is 0 Å². The zero-order chi connectivity index (χ0) is 7.14. The van der Waals surface area contributed by atoms with Crippen LogP contribution in [0.1, 0.15) is 26.2 Å². The summed E-state index contributed by atoms with van der Waals surface area (Å²) < 4.78 is 0. The monoisotopic (exact) mass is 139 g/mol. The van der Waals surface area contributed by atoms with E-state index in [4.69, 9.17) is 0 Å². The van der Waals surface area contributed by atoms with Gasteiger partial charge in [-0.05, 0) is 44.1 Å². The van der Waals surface area contributed by atoms with Crippen molar-refractivity contribution in [1.29, 1.82) is 0 Å². The Balaban J connectivity index is 2.04. The molecule has 1 N–H and O–H groups in total. The topological polar surface area (TPSA) is 12.0 Å². The summed E-state index contributed by atoms with van der Waals surface area (Å²) >= 11 is 0. The second-order valence-corrected chi connectivity index (χ2v) is 4.03. The van der Waals surface area contributed by atoms with Crippen LogP contribution in [-0.4, -0.2) is 13.1 Å². The Hall–Kier alpha value is -0.0400. The maximum Gasteiger partial charge on any atom is 0.0121 e. The van der Waals surface area contributed by atoms with Crippen LogP contribution < -0.4 is 5.32 Å². The molecule has 10 heavy (non-hydrogen) atoms. The predicted molar refractivity (Wildman–Crippen MR) is 42.8 cm³/mol. The van der Waals surface area contributed by atoms with Crippen molar-refractivity contribution in [1.82, 2.24) is 5.32 Å². The van der Waals surface area contributed by atoms with E-state index in [1.54, 1.807) is 0 Å². The summed E-state index contributed by atoms with van der Waals surface area (Å²) in [4.78, 5) is 0. The van der Waals surface area contributed by atoms with Gasteiger partial charge < -0.3 is 5.32 Å². The van der Waals surface area contributed by atoms with Crippen LogP contribution in [0.5, 0.6) is 0 Å². The lowest BCUT2D eigenvalue weighted by Gasteiger charge is -2.34. The molecule has 0 bridgehead atoms. The molecule has 0 saturated heterocycles. The van der Waals surface area contributed by atoms with Crippen LogP contribution in [0.25, 0.3) is 0 Å². The number of rotatable bonds is 1. The summed E-state index contributed by atoms with van der Waals surface area (Å²) in [6, 6.07) is 0.846. The summed E-state index contributed by atoms with van der Waals surface area (Å²) in [6.45, 7) is 2.39. The molecule has 2 unspecified atom stereocenters. The lowest BCUT2D eigenvalue weighted by atomic mass is 9.75. The van der Waals surface area contributed by atoms with Gasteiger partial charge in [-0.15, -0.1) is 0 Å². The van der Waals surface area contributed by atoms with Crippen LogP contribution in [0, 0.1) is 17.8 Å². The summed E-state index contributed by atoms with van der Waals surface area (Å²) in [5.74, 6) is 3.06. The number of hydrogen-bond donors (Lipinski definition) is 1. The molecule has 0 spiro atoms. The van der Waals surface area contributed by atoms with Gasteiger partial charge >= 0.3 is 0 Å². The molecule has 0 aromatic heterocycles. The van der Waals surface area contributed by atoms with Gasteiger partial charge in [-0.2, -0.15) is 0 Å². The third-order valence-corrected chi connectivity index (χ3v) is 3.56. The molecule has 2 saturated carbocycles. The molecule has 0 aromatic rings. The van der Waals surface area contributed by atoms with E-state index in [0.29, 0.717) is 0 Å². The first kappa shape index (κ1) is 6.66. The Kier molecular flexibility index (Phi) is 1.48. The van der Waals surface area contributed by atoms with Crippen LogP contribution in [0.15, 0.2) is 0 Å². The van der Waals surface area contributed by atoms with E-state index in [1.807, 2.05) is 0 Å². The van der Waals surface area contributed by atoms with Crippen molar-refractivity contribution in [2.75, 3.05) is 7.05 Å². The smallest absolute Gasteiger partial charge is 0.0121 e. The Bertz CT molecular complexity index is 133. The molecule has 0 amide bonds. The quantitative estimate of drug-likeness (QED) is 0.582. The van der Waals surface area contributed by atoms with Gasteiger partial charge in [0.05, 0.1) is 0 Å². The fraction of sp³-hybridized carbons (Fsp3) is 1.00. The van der Waals surface area contributed by atoms with Crippen LogP contribution >= 0.6 is 0 Å². The van der Waals surface area contributed by atoms with E-state index in [0.717, 1.165) is 23.8 Å². The molecule has 4 atom stereocenters. The van der Waals surface area contributed by atoms with Gasteiger partial charge in [0.25, 0.3) is 0 Å². The number of fused-ring (bicyclic) bond motifs is 1. The fourth-order valence-electron chi connectivity index (χ4n) is 2.90. The van der Waals surface area contributed by atoms with Gasteiger partial charge in [-0.3, -0.25) is 0 Å². The zero-order valence-electron chi connectivity index (χ0n) is 6.93. The number of hydrogen-bond acceptors (Lipinski definition) is 1. The summed E-state index contributed by atoms with van der Waals surface area (Å²) in [7, 11) is 2.11. The SMILES string of the molecule is CN[C@H]1C2CCC2C[C@@H]1C. The molecular weight excluding hydrogens is 122 g/mol. The highest BCUT2D eigenvalue weighted by Crippen LogP contribution is 2.49. The van der Waals surface area contributed by atoms with Gasteiger partial charge in [-0.25, -0.2) is 0 Å². The van der Waals surface area contributed by atoms with E-state index < -0.39 is 0 Å². The largest absolute Gasteiger partial charge is 0.316 e. The first-order valence-electron chi connectivity index (χ1n) is 4.50. The highest BCUT2D eigenvalue weighted by molar-refractivity contribution is 4.98. The third kappa shape index (κ3) is 0.731. The molecule has 1 heteroatoms. The van der Waals surface area contributed by atoms with Crippen molar-refractivity contribution in [3.8, 4) is 0 Å². The van der Waals surface area contributed by atoms with Gasteiger partial charge in [0.2, 0.25) is 0 Å². The highest BCUT2D eigenvalue weighted by Gasteiger charge is 2.45. The standard InChI is InChI=1S/C9H17N/c1-6-5-7-3-4-8(7)9(6)10-2/h6-10H,3-5H2,1-2H3/t6-,7?,8?,9+/m0/s1. The first-order valence-corrected chi connectivity index (χ1v) is 4.50. The molecular formula is C9H17N. The highest BCUT2D eigenvalue weighted by atomic mass is 14.9. The molecule has 0 heterocycles. The Labute approximate surface area is 63.2 Å². The van der Waals surface area contributed by atoms with E-state index in [9.17, 15) is 0 Å². The van der Waals surface area contributed by atoms with Crippen LogP contribution in [0.2, 0.25) is 0 Å². The third-order valence-electron chi connectivity index (χ3n) is 3.56. The first-order chi connectivity index (χ1) is 4.83. The molecule has 0 aliphatic heterocycles. The van der Waals surface area contributed by atoms with Gasteiger partial charge in [-0.1, -0.05) is 6.92 Å². The van der Waals surface area contributed by atoms with Crippen molar-refractivity contribution < 1.29 is 0 Å². The summed E-state index contributed by atoms with van der Waals surface area (Å²) in [5, 5.41) is 3.45. The van der Waals surface area contributed by atoms with Crippen molar-refractivity contribution >= 4 is 0 Å². The molecule has 2 aliphatic rings. The Morgan fingerprint density at radius 3 is 2.40 bits per heavy atom. The minimum absolute atomic E-state index is 0.846. The Morgan fingerprint density at radius 2 is 2.10 bits per heavy atom. The zero-order valence-corrected chi connectivity index (χ0v) is 6.93. The second kappa shape index (κ2) is 2.23. The maximum absolute atomic E-state index is 3.45. The van der Waals surface area contributed by atoms with Crippen molar-refractivity contribution in [3.05, 3.63) is 0 Å². The van der Waals surface area contributed by atoms with Gasteiger partial charge in [0.15, 0.2) is 0 Å². The van der Waals surface area contributed by atoms with Gasteiger partial charge in [0.1, 0.15) is 0 Å². The minimum atomic E-state index is 0.846. The average molecular weight is 139 g/mol. The van der Waals surface area contributed by atoms with E-state index in [2.05, 4.69) is 19.3 Å². The van der Waals surface area contributed by atoms with Crippen molar-refractivity contribution in [2.24, 2.45) is 17.8 Å². The lowest BCUT2D eigenvalue weighted by Crippen LogP contribution is -2.38. The minimum Gasteiger partial charge on any atom is -0.316 e. The average Bonchev–Trinajstić information content (AvgIpc) is 2.09. The van der Waals surface area contributed by atoms with Crippen molar-refractivity contribution in [3.63, 3.8) is 0 Å². The molecule has 2 rings (SSSR count). The van der Waals surface area contributed by atoms with E-state index in [1.165, 1.54) is 19.3 Å². The van der Waals surface area contributed by atoms with Crippen molar-refractivity contribution in [2.45, 2.75) is 32.2 Å². The predicted octanol–water partition coefficient (Wildman–Crippen LogP) is 1.64. The summed E-state index contributed by atoms with van der Waals surface area (Å²) in [6.07, 6.45) is 4.48. The summed E-state index contributed by atoms with van der Waals surface area (Å²) in [5.41, 5.74) is 0. The fourth-order valence-corrected chi connectivity index (χ4v) is 2.90. The van der Waals surface area contributed by atoms with E-state index in [-0.39, 0.29) is 0 Å². The Morgan fingerprint density at radius 1 is 1.30 bits per heavy atom. The molecule has 2 fully saturated rings. The lowest BCUT2D eigenvalue weighted by molar-refractivity contribution is 0.188. The van der Waals surface area contributed by atoms with Crippen LogP contribution in [0.4, 0.5) is 0 Å². The maximum atomic E-state index is 3.45. The molecule has 0 radical (unpaired) electrons. The van der Waals surface area contributed by atoms with E-state index >= 15 is 0 Å².